The van der Waals surface area contributed by atoms with Gasteiger partial charge in [-0.25, -0.2) is 10.2 Å². The van der Waals surface area contributed by atoms with Gasteiger partial charge in [0.25, 0.3) is 11.6 Å². The van der Waals surface area contributed by atoms with Gasteiger partial charge in [0.1, 0.15) is 5.69 Å². The van der Waals surface area contributed by atoms with Gasteiger partial charge in [0.05, 0.1) is 26.7 Å². The molecule has 0 saturated carbocycles. The predicted octanol–water partition coefficient (Wildman–Crippen LogP) is 8.51. The summed E-state index contributed by atoms with van der Waals surface area (Å²) in [5.74, 6) is -1.10. The number of amides is 1. The van der Waals surface area contributed by atoms with E-state index in [1.165, 1.54) is 30.5 Å². The van der Waals surface area contributed by atoms with E-state index in [4.69, 9.17) is 16.3 Å². The zero-order chi connectivity index (χ0) is 30.0. The van der Waals surface area contributed by atoms with E-state index in [9.17, 15) is 19.7 Å². The zero-order valence-electron chi connectivity index (χ0n) is 21.0. The fourth-order valence-electron chi connectivity index (χ4n) is 4.17. The van der Waals surface area contributed by atoms with Gasteiger partial charge in [0, 0.05) is 47.3 Å². The number of hydrogen-bond donors (Lipinski definition) is 2. The summed E-state index contributed by atoms with van der Waals surface area (Å²) in [7, 11) is 0. The van der Waals surface area contributed by atoms with Crippen LogP contribution in [0.25, 0.3) is 22.0 Å². The number of benzene rings is 4. The average molecular weight is 823 g/mol. The van der Waals surface area contributed by atoms with Crippen molar-refractivity contribution in [3.8, 4) is 16.9 Å². The molecule has 0 saturated heterocycles. The number of fused-ring (bicyclic) bond motifs is 1. The minimum absolute atomic E-state index is 0.118. The van der Waals surface area contributed by atoms with Crippen LogP contribution in [0.15, 0.2) is 92.9 Å². The number of esters is 1. The molecule has 0 radical (unpaired) electrons. The van der Waals surface area contributed by atoms with Crippen LogP contribution < -0.4 is 10.2 Å². The number of carbonyl (C=O) groups is 2. The van der Waals surface area contributed by atoms with Crippen LogP contribution in [-0.2, 0) is 0 Å². The van der Waals surface area contributed by atoms with Crippen LogP contribution >= 0.6 is 66.1 Å². The standard InChI is InChI=1S/C29H16Br2ClIN4O5/c30-17-12-16(27(21(31)13-17)42-29(39)15-8-10-18(11-9-15)37(40)41)14-34-36-28(38)26-24(19-4-1-2-6-22(19)32)20-5-3-7-23(33)25(20)35-26/h1-14,35H,(H,36,38). The van der Waals surface area contributed by atoms with Gasteiger partial charge in [-0.3, -0.25) is 14.9 Å². The molecule has 42 heavy (non-hydrogen) atoms. The maximum absolute atomic E-state index is 13.4. The number of H-pyrrole nitrogens is 1. The second kappa shape index (κ2) is 12.7. The number of ether oxygens (including phenoxy) is 1. The van der Waals surface area contributed by atoms with Crippen molar-refractivity contribution >= 4 is 101 Å². The summed E-state index contributed by atoms with van der Waals surface area (Å²) in [6.45, 7) is 0. The maximum Gasteiger partial charge on any atom is 0.343 e. The van der Waals surface area contributed by atoms with E-state index in [2.05, 4.69) is 70.0 Å². The quantitative estimate of drug-likeness (QED) is 0.0425. The van der Waals surface area contributed by atoms with E-state index in [1.54, 1.807) is 18.2 Å². The highest BCUT2D eigenvalue weighted by atomic mass is 127. The molecule has 0 bridgehead atoms. The number of carbonyl (C=O) groups excluding carboxylic acids is 2. The number of halogens is 4. The first-order chi connectivity index (χ1) is 20.1. The van der Waals surface area contributed by atoms with Crippen molar-refractivity contribution < 1.29 is 19.2 Å². The Balaban J connectivity index is 1.44. The molecular weight excluding hydrogens is 807 g/mol. The number of non-ortho nitro benzene ring substituents is 1. The van der Waals surface area contributed by atoms with E-state index in [0.717, 1.165) is 14.5 Å². The summed E-state index contributed by atoms with van der Waals surface area (Å²) in [5, 5.41) is 16.4. The molecule has 210 valence electrons. The Morgan fingerprint density at radius 1 is 1.05 bits per heavy atom. The largest absolute Gasteiger partial charge is 0.421 e. The van der Waals surface area contributed by atoms with Crippen LogP contribution in [0.2, 0.25) is 5.02 Å². The average Bonchev–Trinajstić information content (AvgIpc) is 3.36. The Kier molecular flexibility index (Phi) is 9.06. The van der Waals surface area contributed by atoms with Crippen molar-refractivity contribution in [2.45, 2.75) is 0 Å². The highest BCUT2D eigenvalue weighted by molar-refractivity contribution is 14.1. The summed E-state index contributed by atoms with van der Waals surface area (Å²) >= 11 is 15.5. The number of nitro benzene ring substituents is 1. The topological polar surface area (TPSA) is 127 Å². The molecule has 2 N–H and O–H groups in total. The van der Waals surface area contributed by atoms with Crippen molar-refractivity contribution in [1.29, 1.82) is 0 Å². The third kappa shape index (κ3) is 6.26. The number of nitrogens with zero attached hydrogens (tertiary/aromatic N) is 2. The minimum Gasteiger partial charge on any atom is -0.421 e. The fraction of sp³-hybridized carbons (Fsp3) is 0. The highest BCUT2D eigenvalue weighted by Gasteiger charge is 2.22. The Labute approximate surface area is 273 Å². The van der Waals surface area contributed by atoms with Crippen molar-refractivity contribution in [3.63, 3.8) is 0 Å². The minimum atomic E-state index is -0.733. The first kappa shape index (κ1) is 29.9. The van der Waals surface area contributed by atoms with Crippen molar-refractivity contribution in [1.82, 2.24) is 10.4 Å². The smallest absolute Gasteiger partial charge is 0.343 e. The van der Waals surface area contributed by atoms with E-state index >= 15 is 0 Å². The number of hydrazone groups is 1. The van der Waals surface area contributed by atoms with Gasteiger partial charge in [-0.15, -0.1) is 0 Å². The summed E-state index contributed by atoms with van der Waals surface area (Å²) < 4.78 is 7.62. The molecular formula is C29H16Br2ClIN4O5. The molecule has 0 aliphatic heterocycles. The summed E-state index contributed by atoms with van der Waals surface area (Å²) in [5.41, 5.74) is 5.28. The van der Waals surface area contributed by atoms with E-state index in [-0.39, 0.29) is 22.7 Å². The summed E-state index contributed by atoms with van der Waals surface area (Å²) in [6.07, 6.45) is 1.34. The molecule has 0 aliphatic carbocycles. The number of aromatic nitrogens is 1. The van der Waals surface area contributed by atoms with Gasteiger partial charge in [-0.05, 0) is 74.9 Å². The molecule has 13 heteroatoms. The van der Waals surface area contributed by atoms with Crippen molar-refractivity contribution in [2.75, 3.05) is 0 Å². The number of nitro groups is 1. The van der Waals surface area contributed by atoms with Gasteiger partial charge in [-0.1, -0.05) is 57.9 Å². The third-order valence-electron chi connectivity index (χ3n) is 6.07. The lowest BCUT2D eigenvalue weighted by Gasteiger charge is -2.11. The second-order valence-electron chi connectivity index (χ2n) is 8.72. The fourth-order valence-corrected chi connectivity index (χ4v) is 6.37. The van der Waals surface area contributed by atoms with Crippen LogP contribution in [-0.4, -0.2) is 28.0 Å². The molecule has 0 atom stereocenters. The Morgan fingerprint density at radius 2 is 1.79 bits per heavy atom. The number of para-hydroxylation sites is 1. The SMILES string of the molecule is O=C(Oc1c(Br)cc(Br)cc1C=NNC(=O)c1[nH]c2c(I)cccc2c1-c1ccccc1Cl)c1ccc([N+](=O)[O-])cc1. The van der Waals surface area contributed by atoms with Gasteiger partial charge in [0.15, 0.2) is 5.75 Å². The Hall–Kier alpha value is -3.59. The van der Waals surface area contributed by atoms with Crippen molar-refractivity contribution in [3.05, 3.63) is 123 Å². The first-order valence-corrected chi connectivity index (χ1v) is 15.0. The molecule has 1 aromatic heterocycles. The number of aromatic amines is 1. The second-order valence-corrected chi connectivity index (χ2v) is 12.1. The molecule has 9 nitrogen and oxygen atoms in total. The summed E-state index contributed by atoms with van der Waals surface area (Å²) in [6, 6.07) is 21.4. The van der Waals surface area contributed by atoms with Crippen LogP contribution in [0.3, 0.4) is 0 Å². The van der Waals surface area contributed by atoms with E-state index < -0.39 is 16.8 Å². The summed E-state index contributed by atoms with van der Waals surface area (Å²) in [4.78, 5) is 39.8. The monoisotopic (exact) mass is 820 g/mol. The third-order valence-corrected chi connectivity index (χ3v) is 8.34. The highest BCUT2D eigenvalue weighted by Crippen LogP contribution is 2.38. The lowest BCUT2D eigenvalue weighted by atomic mass is 10.0. The zero-order valence-corrected chi connectivity index (χ0v) is 27.1. The van der Waals surface area contributed by atoms with Crippen LogP contribution in [0.1, 0.15) is 26.4 Å². The van der Waals surface area contributed by atoms with Gasteiger partial charge < -0.3 is 9.72 Å². The molecule has 0 aliphatic rings. The van der Waals surface area contributed by atoms with Crippen LogP contribution in [0.4, 0.5) is 5.69 Å². The molecule has 0 unspecified atom stereocenters. The number of nitrogens with one attached hydrogen (secondary N) is 2. The predicted molar refractivity (Wildman–Crippen MR) is 176 cm³/mol. The number of hydrogen-bond acceptors (Lipinski definition) is 6. The Bertz CT molecular complexity index is 1910. The molecule has 1 amide bonds. The number of rotatable bonds is 7. The molecule has 0 fully saturated rings. The Morgan fingerprint density at radius 3 is 2.50 bits per heavy atom. The first-order valence-electron chi connectivity index (χ1n) is 12.0. The van der Waals surface area contributed by atoms with E-state index in [0.29, 0.717) is 30.7 Å². The maximum atomic E-state index is 13.4. The molecule has 5 rings (SSSR count). The van der Waals surface area contributed by atoms with Gasteiger partial charge in [-0.2, -0.15) is 5.10 Å². The normalized spacial score (nSPS) is 11.1. The van der Waals surface area contributed by atoms with Gasteiger partial charge in [0.2, 0.25) is 0 Å². The lowest BCUT2D eigenvalue weighted by Crippen LogP contribution is -2.19. The molecule has 0 spiro atoms. The molecule has 4 aromatic carbocycles. The van der Waals surface area contributed by atoms with Crippen LogP contribution in [0, 0.1) is 13.7 Å². The van der Waals surface area contributed by atoms with Gasteiger partial charge >= 0.3 is 5.97 Å². The molecule has 1 heterocycles. The van der Waals surface area contributed by atoms with Crippen LogP contribution in [0.5, 0.6) is 5.75 Å². The molecule has 5 aromatic rings. The van der Waals surface area contributed by atoms with Crippen molar-refractivity contribution in [2.24, 2.45) is 5.10 Å². The lowest BCUT2D eigenvalue weighted by molar-refractivity contribution is -0.384. The van der Waals surface area contributed by atoms with E-state index in [1.807, 2.05) is 36.4 Å².